The van der Waals surface area contributed by atoms with E-state index in [0.717, 1.165) is 0 Å². The van der Waals surface area contributed by atoms with E-state index in [1.807, 2.05) is 0 Å². The molecule has 1 aromatic heterocycles. The van der Waals surface area contributed by atoms with E-state index in [1.54, 1.807) is 0 Å². The average Bonchev–Trinajstić information content (AvgIpc) is 1.85. The van der Waals surface area contributed by atoms with E-state index >= 15 is 0 Å². The smallest absolute Gasteiger partial charge is 0.253 e. The van der Waals surface area contributed by atoms with Crippen LogP contribution in [0.4, 0.5) is 5.82 Å². The van der Waals surface area contributed by atoms with Crippen LogP contribution in [0.1, 0.15) is 5.82 Å². The minimum atomic E-state index is -0.260. The van der Waals surface area contributed by atoms with Crippen molar-refractivity contribution < 1.29 is 4.74 Å². The summed E-state index contributed by atoms with van der Waals surface area (Å²) in [4.78, 5) is 17.1. The lowest BCUT2D eigenvalue weighted by molar-refractivity contribution is 0.177. The summed E-state index contributed by atoms with van der Waals surface area (Å²) in [7, 11) is 1.52. The van der Waals surface area contributed by atoms with E-state index in [-0.39, 0.29) is 18.0 Å². The molecular formula is C6H9N3O2. The third kappa shape index (κ3) is 2.05. The highest BCUT2D eigenvalue weighted by Gasteiger charge is 1.95. The molecule has 11 heavy (non-hydrogen) atoms. The number of hydrogen-bond donors (Lipinski definition) is 2. The zero-order valence-electron chi connectivity index (χ0n) is 6.13. The van der Waals surface area contributed by atoms with Crippen molar-refractivity contribution in [2.75, 3.05) is 12.8 Å². The van der Waals surface area contributed by atoms with E-state index in [1.165, 1.54) is 13.2 Å². The van der Waals surface area contributed by atoms with Crippen molar-refractivity contribution in [2.45, 2.75) is 6.61 Å². The molecule has 0 saturated carbocycles. The van der Waals surface area contributed by atoms with Crippen LogP contribution in [0, 0.1) is 0 Å². The molecule has 0 atom stereocenters. The zero-order valence-corrected chi connectivity index (χ0v) is 6.13. The molecule has 0 unspecified atom stereocenters. The van der Waals surface area contributed by atoms with Gasteiger partial charge < -0.3 is 15.5 Å². The fraction of sp³-hybridized carbons (Fsp3) is 0.333. The molecule has 0 bridgehead atoms. The van der Waals surface area contributed by atoms with Crippen LogP contribution in [0.15, 0.2) is 10.9 Å². The first-order valence-corrected chi connectivity index (χ1v) is 3.07. The lowest BCUT2D eigenvalue weighted by Gasteiger charge is -1.97. The van der Waals surface area contributed by atoms with E-state index in [4.69, 9.17) is 10.5 Å². The highest BCUT2D eigenvalue weighted by atomic mass is 16.5. The summed E-state index contributed by atoms with van der Waals surface area (Å²) in [6.07, 6.45) is 0. The van der Waals surface area contributed by atoms with Crippen LogP contribution in [0.5, 0.6) is 0 Å². The molecule has 1 aromatic rings. The number of aromatic amines is 1. The van der Waals surface area contributed by atoms with Gasteiger partial charge in [-0.2, -0.15) is 0 Å². The van der Waals surface area contributed by atoms with Crippen molar-refractivity contribution >= 4 is 5.82 Å². The molecule has 0 fully saturated rings. The average molecular weight is 155 g/mol. The second-order valence-corrected chi connectivity index (χ2v) is 2.05. The molecule has 3 N–H and O–H groups in total. The monoisotopic (exact) mass is 155 g/mol. The highest BCUT2D eigenvalue weighted by molar-refractivity contribution is 5.24. The maximum Gasteiger partial charge on any atom is 0.253 e. The molecule has 60 valence electrons. The highest BCUT2D eigenvalue weighted by Crippen LogP contribution is 1.92. The minimum Gasteiger partial charge on any atom is -0.383 e. The fourth-order valence-corrected chi connectivity index (χ4v) is 0.734. The number of aromatic nitrogens is 2. The summed E-state index contributed by atoms with van der Waals surface area (Å²) in [5.41, 5.74) is 5.04. The molecule has 0 aliphatic carbocycles. The first kappa shape index (κ1) is 7.74. The summed E-state index contributed by atoms with van der Waals surface area (Å²) in [6.45, 7) is 0.264. The lowest BCUT2D eigenvalue weighted by atomic mass is 10.5. The van der Waals surface area contributed by atoms with Gasteiger partial charge in [0.15, 0.2) is 0 Å². The van der Waals surface area contributed by atoms with Crippen molar-refractivity contribution in [3.05, 3.63) is 22.2 Å². The van der Waals surface area contributed by atoms with Crippen LogP contribution in [0.25, 0.3) is 0 Å². The van der Waals surface area contributed by atoms with Crippen LogP contribution in [-0.2, 0) is 11.3 Å². The maximum atomic E-state index is 10.8. The van der Waals surface area contributed by atoms with Crippen molar-refractivity contribution in [2.24, 2.45) is 0 Å². The summed E-state index contributed by atoms with van der Waals surface area (Å²) in [6, 6.07) is 1.22. The van der Waals surface area contributed by atoms with Crippen LogP contribution in [0.3, 0.4) is 0 Å². The Labute approximate surface area is 63.2 Å². The topological polar surface area (TPSA) is 81.0 Å². The Hall–Kier alpha value is -1.36. The standard InChI is InChI=1S/C6H9N3O2/c1-11-3-5-8-4(7)2-6(10)9-5/h2H,3H2,1H3,(H3,7,8,9,10). The largest absolute Gasteiger partial charge is 0.383 e. The lowest BCUT2D eigenvalue weighted by Crippen LogP contribution is -2.12. The van der Waals surface area contributed by atoms with Gasteiger partial charge in [0, 0.05) is 13.2 Å². The van der Waals surface area contributed by atoms with Crippen LogP contribution < -0.4 is 11.3 Å². The summed E-state index contributed by atoms with van der Waals surface area (Å²) in [5, 5.41) is 0. The summed E-state index contributed by atoms with van der Waals surface area (Å²) < 4.78 is 4.75. The van der Waals surface area contributed by atoms with Gasteiger partial charge in [0.25, 0.3) is 5.56 Å². The number of anilines is 1. The second-order valence-electron chi connectivity index (χ2n) is 2.05. The molecule has 0 spiro atoms. The minimum absolute atomic E-state index is 0.209. The molecule has 0 amide bonds. The number of ether oxygens (including phenoxy) is 1. The normalized spacial score (nSPS) is 9.91. The van der Waals surface area contributed by atoms with Crippen molar-refractivity contribution in [3.63, 3.8) is 0 Å². The Morgan fingerprint density at radius 3 is 3.09 bits per heavy atom. The molecule has 1 heterocycles. The van der Waals surface area contributed by atoms with Gasteiger partial charge in [-0.15, -0.1) is 0 Å². The van der Waals surface area contributed by atoms with Crippen molar-refractivity contribution in [1.29, 1.82) is 0 Å². The molecular weight excluding hydrogens is 146 g/mol. The van der Waals surface area contributed by atoms with Gasteiger partial charge in [0.05, 0.1) is 0 Å². The van der Waals surface area contributed by atoms with Gasteiger partial charge in [-0.1, -0.05) is 0 Å². The first-order chi connectivity index (χ1) is 5.22. The molecule has 5 nitrogen and oxygen atoms in total. The summed E-state index contributed by atoms with van der Waals surface area (Å²) in [5.74, 6) is 0.651. The number of rotatable bonds is 2. The molecule has 0 saturated heterocycles. The Bertz CT molecular complexity index is 294. The third-order valence-corrected chi connectivity index (χ3v) is 1.09. The summed E-state index contributed by atoms with van der Waals surface area (Å²) >= 11 is 0. The van der Waals surface area contributed by atoms with Gasteiger partial charge in [-0.05, 0) is 0 Å². The van der Waals surface area contributed by atoms with Gasteiger partial charge in [0.1, 0.15) is 18.2 Å². The van der Waals surface area contributed by atoms with Gasteiger partial charge >= 0.3 is 0 Å². The van der Waals surface area contributed by atoms with Crippen molar-refractivity contribution in [3.8, 4) is 0 Å². The van der Waals surface area contributed by atoms with E-state index < -0.39 is 0 Å². The number of nitrogen functional groups attached to an aromatic ring is 1. The van der Waals surface area contributed by atoms with Crippen LogP contribution >= 0.6 is 0 Å². The Morgan fingerprint density at radius 2 is 2.55 bits per heavy atom. The molecule has 0 aromatic carbocycles. The predicted octanol–water partition coefficient (Wildman–Crippen LogP) is -0.501. The van der Waals surface area contributed by atoms with Crippen LogP contribution in [-0.4, -0.2) is 17.1 Å². The van der Waals surface area contributed by atoms with Crippen LogP contribution in [0.2, 0.25) is 0 Å². The number of hydrogen-bond acceptors (Lipinski definition) is 4. The SMILES string of the molecule is COCc1nc(N)cc(=O)[nH]1. The first-order valence-electron chi connectivity index (χ1n) is 3.07. The fourth-order valence-electron chi connectivity index (χ4n) is 0.734. The Morgan fingerprint density at radius 1 is 1.82 bits per heavy atom. The number of methoxy groups -OCH3 is 1. The number of nitrogens with zero attached hydrogens (tertiary/aromatic N) is 1. The molecule has 0 aliphatic heterocycles. The van der Waals surface area contributed by atoms with E-state index in [2.05, 4.69) is 9.97 Å². The van der Waals surface area contributed by atoms with E-state index in [0.29, 0.717) is 5.82 Å². The zero-order chi connectivity index (χ0) is 8.27. The van der Waals surface area contributed by atoms with Gasteiger partial charge in [-0.3, -0.25) is 4.79 Å². The number of H-pyrrole nitrogens is 1. The molecule has 1 rings (SSSR count). The Kier molecular flexibility index (Phi) is 2.22. The second kappa shape index (κ2) is 3.16. The number of nitrogens with one attached hydrogen (secondary N) is 1. The third-order valence-electron chi connectivity index (χ3n) is 1.09. The quantitative estimate of drug-likeness (QED) is 0.603. The van der Waals surface area contributed by atoms with E-state index in [9.17, 15) is 4.79 Å². The molecule has 0 aliphatic rings. The van der Waals surface area contributed by atoms with Gasteiger partial charge in [0.2, 0.25) is 0 Å². The van der Waals surface area contributed by atoms with Crippen molar-refractivity contribution in [1.82, 2.24) is 9.97 Å². The van der Waals surface area contributed by atoms with Gasteiger partial charge in [-0.25, -0.2) is 4.98 Å². The molecule has 0 radical (unpaired) electrons. The molecule has 5 heteroatoms. The maximum absolute atomic E-state index is 10.8. The number of nitrogens with two attached hydrogens (primary N) is 1. The Balaban J connectivity index is 2.99. The predicted molar refractivity (Wildman–Crippen MR) is 40.0 cm³/mol.